The van der Waals surface area contributed by atoms with Gasteiger partial charge >= 0.3 is 12.1 Å². The Morgan fingerprint density at radius 1 is 0.953 bits per heavy atom. The molecule has 2 fully saturated rings. The SMILES string of the molecule is CCOc1cc(OCC)cc(C(=O)N2CCC[C@H]2C(=O)N2CCC[C@H]2C(=O)NCc2ccccn2)c1.O=C(O)C(F)(F)F. The average molecular weight is 609 g/mol. The summed E-state index contributed by atoms with van der Waals surface area (Å²) < 4.78 is 43.0. The number of carboxylic acid groups (broad SMARTS) is 1. The fourth-order valence-electron chi connectivity index (χ4n) is 4.92. The summed E-state index contributed by atoms with van der Waals surface area (Å²) in [5.41, 5.74) is 1.19. The molecule has 2 aromatic rings. The minimum atomic E-state index is -5.08. The van der Waals surface area contributed by atoms with Gasteiger partial charge in [-0.1, -0.05) is 6.07 Å². The lowest BCUT2D eigenvalue weighted by Crippen LogP contribution is -2.52. The molecule has 0 spiro atoms. The molecule has 43 heavy (non-hydrogen) atoms. The monoisotopic (exact) mass is 608 g/mol. The largest absolute Gasteiger partial charge is 0.494 e. The van der Waals surface area contributed by atoms with E-state index in [1.54, 1.807) is 34.2 Å². The third-order valence-corrected chi connectivity index (χ3v) is 6.80. The van der Waals surface area contributed by atoms with Crippen LogP contribution < -0.4 is 14.8 Å². The predicted octanol–water partition coefficient (Wildman–Crippen LogP) is 3.42. The molecule has 0 aliphatic carbocycles. The molecule has 0 radical (unpaired) electrons. The van der Waals surface area contributed by atoms with Gasteiger partial charge in [0.2, 0.25) is 11.8 Å². The summed E-state index contributed by atoms with van der Waals surface area (Å²) in [5, 5.41) is 10.0. The van der Waals surface area contributed by atoms with Crippen molar-refractivity contribution < 1.29 is 46.9 Å². The van der Waals surface area contributed by atoms with Crippen molar-refractivity contribution in [1.82, 2.24) is 20.1 Å². The van der Waals surface area contributed by atoms with Crippen LogP contribution in [0.5, 0.6) is 11.5 Å². The number of aromatic nitrogens is 1. The molecule has 2 aliphatic heterocycles. The van der Waals surface area contributed by atoms with Crippen LogP contribution in [0, 0.1) is 0 Å². The molecule has 0 saturated carbocycles. The summed E-state index contributed by atoms with van der Waals surface area (Å²) in [5.74, 6) is -2.23. The van der Waals surface area contributed by atoms with Crippen LogP contribution in [0.3, 0.4) is 0 Å². The fourth-order valence-corrected chi connectivity index (χ4v) is 4.92. The van der Waals surface area contributed by atoms with E-state index >= 15 is 0 Å². The Bertz CT molecular complexity index is 1250. The summed E-state index contributed by atoms with van der Waals surface area (Å²) in [4.78, 5) is 56.5. The summed E-state index contributed by atoms with van der Waals surface area (Å²) >= 11 is 0. The van der Waals surface area contributed by atoms with Crippen LogP contribution in [0.2, 0.25) is 0 Å². The first-order valence-electron chi connectivity index (χ1n) is 14.0. The van der Waals surface area contributed by atoms with E-state index in [0.29, 0.717) is 62.8 Å². The van der Waals surface area contributed by atoms with Crippen LogP contribution >= 0.6 is 0 Å². The minimum absolute atomic E-state index is 0.165. The lowest BCUT2D eigenvalue weighted by atomic mass is 10.1. The number of aliphatic carboxylic acids is 1. The van der Waals surface area contributed by atoms with Crippen LogP contribution in [0.25, 0.3) is 0 Å². The van der Waals surface area contributed by atoms with E-state index < -0.39 is 24.2 Å². The smallest absolute Gasteiger partial charge is 0.490 e. The van der Waals surface area contributed by atoms with Crippen molar-refractivity contribution in [1.29, 1.82) is 0 Å². The second kappa shape index (κ2) is 15.2. The minimum Gasteiger partial charge on any atom is -0.494 e. The maximum atomic E-state index is 13.6. The predicted molar refractivity (Wildman–Crippen MR) is 147 cm³/mol. The molecule has 2 saturated heterocycles. The normalized spacial score (nSPS) is 18.0. The molecule has 14 heteroatoms. The van der Waals surface area contributed by atoms with Crippen LogP contribution in [0.1, 0.15) is 55.6 Å². The van der Waals surface area contributed by atoms with Crippen LogP contribution in [0.15, 0.2) is 42.6 Å². The van der Waals surface area contributed by atoms with E-state index in [2.05, 4.69) is 10.3 Å². The van der Waals surface area contributed by atoms with Gasteiger partial charge in [0.25, 0.3) is 5.91 Å². The first-order chi connectivity index (χ1) is 20.5. The van der Waals surface area contributed by atoms with Crippen molar-refractivity contribution in [2.24, 2.45) is 0 Å². The quantitative estimate of drug-likeness (QED) is 0.442. The van der Waals surface area contributed by atoms with Crippen molar-refractivity contribution in [2.75, 3.05) is 26.3 Å². The number of ether oxygens (including phenoxy) is 2. The number of amides is 3. The van der Waals surface area contributed by atoms with E-state index in [4.69, 9.17) is 19.4 Å². The molecule has 234 valence electrons. The van der Waals surface area contributed by atoms with E-state index in [9.17, 15) is 27.6 Å². The maximum absolute atomic E-state index is 13.6. The summed E-state index contributed by atoms with van der Waals surface area (Å²) in [7, 11) is 0. The number of likely N-dealkylation sites (tertiary alicyclic amines) is 2. The number of alkyl halides is 3. The summed E-state index contributed by atoms with van der Waals surface area (Å²) in [6.07, 6.45) is -0.737. The number of pyridine rings is 1. The molecule has 2 N–H and O–H groups in total. The Morgan fingerprint density at radius 2 is 1.53 bits per heavy atom. The number of carboxylic acids is 1. The molecule has 4 rings (SSSR count). The van der Waals surface area contributed by atoms with Gasteiger partial charge in [0, 0.05) is 30.9 Å². The highest BCUT2D eigenvalue weighted by Gasteiger charge is 2.42. The van der Waals surface area contributed by atoms with E-state index in [-0.39, 0.29) is 17.7 Å². The molecule has 1 aromatic carbocycles. The van der Waals surface area contributed by atoms with Crippen molar-refractivity contribution in [3.05, 3.63) is 53.9 Å². The number of hydrogen-bond donors (Lipinski definition) is 2. The number of carbonyl (C=O) groups is 4. The highest BCUT2D eigenvalue weighted by atomic mass is 19.4. The average Bonchev–Trinajstić information content (AvgIpc) is 3.66. The van der Waals surface area contributed by atoms with Gasteiger partial charge in [0.15, 0.2) is 0 Å². The number of nitrogens with zero attached hydrogens (tertiary/aromatic N) is 3. The van der Waals surface area contributed by atoms with Gasteiger partial charge in [0.05, 0.1) is 25.5 Å². The third-order valence-electron chi connectivity index (χ3n) is 6.80. The molecule has 3 heterocycles. The maximum Gasteiger partial charge on any atom is 0.490 e. The Labute approximate surface area is 247 Å². The van der Waals surface area contributed by atoms with Crippen molar-refractivity contribution >= 4 is 23.7 Å². The van der Waals surface area contributed by atoms with E-state index in [1.165, 1.54) is 0 Å². The van der Waals surface area contributed by atoms with Gasteiger partial charge in [0.1, 0.15) is 23.6 Å². The first-order valence-corrected chi connectivity index (χ1v) is 14.0. The standard InChI is InChI=1S/C27H34N4O5.C2HF3O2/c1-3-35-21-15-19(16-22(17-21)36-4-2)26(33)31-14-8-11-24(31)27(34)30-13-7-10-23(30)25(32)29-18-20-9-5-6-12-28-20;3-2(4,5)1(6)7/h5-6,9,12,15-17,23-24H,3-4,7-8,10-11,13-14,18H2,1-2H3,(H,29,32);(H,6,7)/t23-,24-;/m0./s1. The highest BCUT2D eigenvalue weighted by molar-refractivity contribution is 5.99. The van der Waals surface area contributed by atoms with Gasteiger partial charge in [-0.2, -0.15) is 13.2 Å². The first kappa shape index (κ1) is 33.1. The summed E-state index contributed by atoms with van der Waals surface area (Å²) in [6, 6.07) is 9.55. The zero-order chi connectivity index (χ0) is 31.6. The molecule has 2 aliphatic rings. The zero-order valence-electron chi connectivity index (χ0n) is 23.9. The van der Waals surface area contributed by atoms with Gasteiger partial charge in [-0.25, -0.2) is 4.79 Å². The van der Waals surface area contributed by atoms with Crippen molar-refractivity contribution in [3.8, 4) is 11.5 Å². The number of hydrogen-bond acceptors (Lipinski definition) is 7. The molecule has 0 unspecified atom stereocenters. The third kappa shape index (κ3) is 9.06. The number of rotatable bonds is 9. The zero-order valence-corrected chi connectivity index (χ0v) is 23.9. The van der Waals surface area contributed by atoms with Crippen LogP contribution in [-0.2, 0) is 20.9 Å². The number of nitrogens with one attached hydrogen (secondary N) is 1. The Hall–Kier alpha value is -4.36. The van der Waals surface area contributed by atoms with Crippen LogP contribution in [0.4, 0.5) is 13.2 Å². The van der Waals surface area contributed by atoms with Crippen LogP contribution in [-0.4, -0.2) is 88.1 Å². The van der Waals surface area contributed by atoms with Crippen molar-refractivity contribution in [2.45, 2.75) is 64.3 Å². The fraction of sp³-hybridized carbons (Fsp3) is 0.483. The Morgan fingerprint density at radius 3 is 2.07 bits per heavy atom. The second-order valence-corrected chi connectivity index (χ2v) is 9.75. The second-order valence-electron chi connectivity index (χ2n) is 9.75. The molecular formula is C29H35F3N4O7. The molecular weight excluding hydrogens is 573 g/mol. The Balaban J connectivity index is 0.000000646. The molecule has 3 amide bonds. The van der Waals surface area contributed by atoms with Crippen molar-refractivity contribution in [3.63, 3.8) is 0 Å². The highest BCUT2D eigenvalue weighted by Crippen LogP contribution is 2.29. The van der Waals surface area contributed by atoms with Gasteiger partial charge in [-0.05, 0) is 63.8 Å². The Kier molecular flexibility index (Phi) is 11.7. The van der Waals surface area contributed by atoms with Gasteiger partial charge in [-0.15, -0.1) is 0 Å². The lowest BCUT2D eigenvalue weighted by Gasteiger charge is -2.31. The molecule has 0 bridgehead atoms. The molecule has 2 atom stereocenters. The van der Waals surface area contributed by atoms with Gasteiger partial charge in [-0.3, -0.25) is 19.4 Å². The summed E-state index contributed by atoms with van der Waals surface area (Å²) in [6.45, 7) is 5.99. The molecule has 1 aromatic heterocycles. The number of carbonyl (C=O) groups excluding carboxylic acids is 3. The lowest BCUT2D eigenvalue weighted by molar-refractivity contribution is -0.192. The molecule has 11 nitrogen and oxygen atoms in total. The topological polar surface area (TPSA) is 138 Å². The number of benzene rings is 1. The van der Waals surface area contributed by atoms with Gasteiger partial charge < -0.3 is 29.7 Å². The number of halogens is 3. The van der Waals surface area contributed by atoms with E-state index in [0.717, 1.165) is 18.5 Å². The van der Waals surface area contributed by atoms with E-state index in [1.807, 2.05) is 32.0 Å².